The first-order valence-electron chi connectivity index (χ1n) is 3.78. The van der Waals surface area contributed by atoms with Crippen molar-refractivity contribution in [2.45, 2.75) is 3.79 Å². The van der Waals surface area contributed by atoms with Gasteiger partial charge in [-0.1, -0.05) is 58.0 Å². The zero-order chi connectivity index (χ0) is 12.5. The Balaban J connectivity index is 3.59. The zero-order valence-corrected chi connectivity index (χ0v) is 11.5. The fourth-order valence-electron chi connectivity index (χ4n) is 0.965. The monoisotopic (exact) mass is 321 g/mol. The molecule has 0 radical (unpaired) electrons. The second kappa shape index (κ2) is 5.15. The summed E-state index contributed by atoms with van der Waals surface area (Å²) in [4.78, 5) is 14.6. The molecule has 0 fully saturated rings. The van der Waals surface area contributed by atoms with Gasteiger partial charge in [-0.15, -0.1) is 0 Å². The van der Waals surface area contributed by atoms with E-state index in [9.17, 15) is 4.79 Å². The van der Waals surface area contributed by atoms with Crippen LogP contribution >= 0.6 is 58.0 Å². The van der Waals surface area contributed by atoms with Gasteiger partial charge >= 0.3 is 0 Å². The summed E-state index contributed by atoms with van der Waals surface area (Å²) in [5.74, 6) is -0.0329. The molecule has 1 aromatic heterocycles. The summed E-state index contributed by atoms with van der Waals surface area (Å²) in [6.45, 7) is 0. The Morgan fingerprint density at radius 1 is 1.25 bits per heavy atom. The number of aldehydes is 1. The van der Waals surface area contributed by atoms with Gasteiger partial charge in [-0.05, 0) is 0 Å². The minimum Gasteiger partial charge on any atom is -0.480 e. The minimum absolute atomic E-state index is 0.0273. The number of hydrogen-bond acceptors (Lipinski definition) is 3. The second-order valence-corrected chi connectivity index (χ2v) is 5.66. The maximum absolute atomic E-state index is 10.8. The Kier molecular flexibility index (Phi) is 4.55. The van der Waals surface area contributed by atoms with E-state index in [0.717, 1.165) is 0 Å². The van der Waals surface area contributed by atoms with E-state index in [-0.39, 0.29) is 27.2 Å². The van der Waals surface area contributed by atoms with Crippen LogP contribution in [-0.4, -0.2) is 18.4 Å². The van der Waals surface area contributed by atoms with E-state index < -0.39 is 3.79 Å². The van der Waals surface area contributed by atoms with Crippen molar-refractivity contribution in [3.8, 4) is 5.88 Å². The largest absolute Gasteiger partial charge is 0.480 e. The van der Waals surface area contributed by atoms with Crippen LogP contribution in [0.4, 0.5) is 0 Å². The Labute approximate surface area is 117 Å². The molecule has 0 atom stereocenters. The van der Waals surface area contributed by atoms with Gasteiger partial charge in [0.1, 0.15) is 10.7 Å². The lowest BCUT2D eigenvalue weighted by Gasteiger charge is -2.15. The van der Waals surface area contributed by atoms with E-state index in [1.165, 1.54) is 7.11 Å². The van der Waals surface area contributed by atoms with Crippen LogP contribution in [0, 0.1) is 0 Å². The van der Waals surface area contributed by atoms with Crippen LogP contribution in [-0.2, 0) is 3.79 Å². The quantitative estimate of drug-likeness (QED) is 0.609. The van der Waals surface area contributed by atoms with Crippen LogP contribution < -0.4 is 4.74 Å². The highest BCUT2D eigenvalue weighted by molar-refractivity contribution is 6.67. The number of halogens is 5. The van der Waals surface area contributed by atoms with Gasteiger partial charge in [0.2, 0.25) is 9.67 Å². The van der Waals surface area contributed by atoms with Crippen LogP contribution in [0.1, 0.15) is 16.1 Å². The fraction of sp³-hybridized carbons (Fsp3) is 0.250. The second-order valence-electron chi connectivity index (χ2n) is 2.63. The van der Waals surface area contributed by atoms with Crippen molar-refractivity contribution >= 4 is 64.3 Å². The molecule has 0 amide bonds. The van der Waals surface area contributed by atoms with Gasteiger partial charge in [-0.25, -0.2) is 4.98 Å². The Morgan fingerprint density at radius 3 is 2.19 bits per heavy atom. The molecular weight excluding hydrogens is 319 g/mol. The maximum atomic E-state index is 10.8. The van der Waals surface area contributed by atoms with Gasteiger partial charge in [0, 0.05) is 0 Å². The number of carbonyl (C=O) groups excluding carboxylic acids is 1. The molecule has 0 aromatic carbocycles. The molecule has 0 aliphatic carbocycles. The number of rotatable bonds is 2. The smallest absolute Gasteiger partial charge is 0.234 e. The molecule has 0 saturated heterocycles. The van der Waals surface area contributed by atoms with Gasteiger partial charge in [0.05, 0.1) is 17.7 Å². The first-order chi connectivity index (χ1) is 7.32. The number of methoxy groups -OCH3 is 1. The van der Waals surface area contributed by atoms with E-state index in [0.29, 0.717) is 6.29 Å². The highest BCUT2D eigenvalue weighted by Gasteiger charge is 2.31. The molecule has 1 rings (SSSR count). The van der Waals surface area contributed by atoms with Crippen LogP contribution in [0.5, 0.6) is 5.88 Å². The number of aromatic nitrogens is 1. The predicted octanol–water partition coefficient (Wildman–Crippen LogP) is 4.04. The van der Waals surface area contributed by atoms with Gasteiger partial charge < -0.3 is 4.74 Å². The molecule has 88 valence electrons. The van der Waals surface area contributed by atoms with Crippen molar-refractivity contribution in [2.75, 3.05) is 7.11 Å². The summed E-state index contributed by atoms with van der Waals surface area (Å²) < 4.78 is 2.97. The molecule has 0 aliphatic rings. The van der Waals surface area contributed by atoms with E-state index in [4.69, 9.17) is 62.7 Å². The van der Waals surface area contributed by atoms with Crippen molar-refractivity contribution in [1.82, 2.24) is 4.98 Å². The maximum Gasteiger partial charge on any atom is 0.234 e. The van der Waals surface area contributed by atoms with Gasteiger partial charge in [0.15, 0.2) is 6.29 Å². The molecular formula is C8H4Cl5NO2. The van der Waals surface area contributed by atoms with Crippen LogP contribution in [0.3, 0.4) is 0 Å². The molecule has 0 aliphatic heterocycles. The Morgan fingerprint density at radius 2 is 1.81 bits per heavy atom. The Hall–Kier alpha value is 0.0700. The van der Waals surface area contributed by atoms with Crippen LogP contribution in [0.2, 0.25) is 10.0 Å². The first kappa shape index (κ1) is 14.1. The average molecular weight is 323 g/mol. The van der Waals surface area contributed by atoms with Crippen molar-refractivity contribution in [2.24, 2.45) is 0 Å². The third-order valence-corrected chi connectivity index (χ3v) is 2.95. The number of carbonyl (C=O) groups is 1. The zero-order valence-electron chi connectivity index (χ0n) is 7.73. The minimum atomic E-state index is -1.87. The molecule has 16 heavy (non-hydrogen) atoms. The SMILES string of the molecule is COc1nc(C(Cl)(Cl)Cl)c(Cl)c(C=O)c1Cl. The van der Waals surface area contributed by atoms with Crippen molar-refractivity contribution in [1.29, 1.82) is 0 Å². The van der Waals surface area contributed by atoms with E-state index >= 15 is 0 Å². The lowest BCUT2D eigenvalue weighted by molar-refractivity contribution is 0.112. The summed E-state index contributed by atoms with van der Waals surface area (Å²) in [6.07, 6.45) is 0.439. The fourth-order valence-corrected chi connectivity index (χ4v) is 2.15. The third-order valence-electron chi connectivity index (χ3n) is 1.66. The van der Waals surface area contributed by atoms with E-state index in [1.807, 2.05) is 0 Å². The molecule has 0 unspecified atom stereocenters. The molecule has 0 saturated carbocycles. The molecule has 0 bridgehead atoms. The number of alkyl halides is 3. The summed E-state index contributed by atoms with van der Waals surface area (Å²) in [5.41, 5.74) is -0.140. The highest BCUT2D eigenvalue weighted by atomic mass is 35.6. The van der Waals surface area contributed by atoms with Crippen LogP contribution in [0.25, 0.3) is 0 Å². The predicted molar refractivity (Wildman–Crippen MR) is 65.4 cm³/mol. The number of pyridine rings is 1. The third kappa shape index (κ3) is 2.66. The van der Waals surface area contributed by atoms with Crippen molar-refractivity contribution in [3.63, 3.8) is 0 Å². The van der Waals surface area contributed by atoms with Gasteiger partial charge in [-0.3, -0.25) is 4.79 Å². The summed E-state index contributed by atoms with van der Waals surface area (Å²) in [7, 11) is 1.32. The standard InChI is InChI=1S/C8H4Cl5NO2/c1-16-7-5(10)3(2-15)4(9)6(14-7)8(11,12)13/h2H,1H3. The number of ether oxygens (including phenoxy) is 1. The molecule has 0 N–H and O–H groups in total. The van der Waals surface area contributed by atoms with Gasteiger partial charge in [0.25, 0.3) is 0 Å². The van der Waals surface area contributed by atoms with E-state index in [2.05, 4.69) is 4.98 Å². The van der Waals surface area contributed by atoms with Crippen molar-refractivity contribution in [3.05, 3.63) is 21.3 Å². The van der Waals surface area contributed by atoms with E-state index in [1.54, 1.807) is 0 Å². The number of nitrogens with zero attached hydrogens (tertiary/aromatic N) is 1. The average Bonchev–Trinajstić information content (AvgIpc) is 2.17. The highest BCUT2D eigenvalue weighted by Crippen LogP contribution is 2.44. The molecule has 3 nitrogen and oxygen atoms in total. The Bertz CT molecular complexity index is 429. The van der Waals surface area contributed by atoms with Gasteiger partial charge in [-0.2, -0.15) is 0 Å². The molecule has 8 heteroatoms. The molecule has 1 aromatic rings. The number of hydrogen-bond donors (Lipinski definition) is 0. The lowest BCUT2D eigenvalue weighted by atomic mass is 10.2. The summed E-state index contributed by atoms with van der Waals surface area (Å²) in [6, 6.07) is 0. The first-order valence-corrected chi connectivity index (χ1v) is 5.67. The lowest BCUT2D eigenvalue weighted by Crippen LogP contribution is -2.08. The normalized spacial score (nSPS) is 11.4. The topological polar surface area (TPSA) is 39.2 Å². The molecule has 0 spiro atoms. The summed E-state index contributed by atoms with van der Waals surface area (Å²) in [5, 5.41) is -0.138. The van der Waals surface area contributed by atoms with Crippen LogP contribution in [0.15, 0.2) is 0 Å². The van der Waals surface area contributed by atoms with Crippen molar-refractivity contribution < 1.29 is 9.53 Å². The molecule has 1 heterocycles. The summed E-state index contributed by atoms with van der Waals surface area (Å²) >= 11 is 28.6.